The summed E-state index contributed by atoms with van der Waals surface area (Å²) in [6, 6.07) is 0. The average Bonchev–Trinajstić information content (AvgIpc) is 1.99. The summed E-state index contributed by atoms with van der Waals surface area (Å²) in [6.07, 6.45) is 1.79. The third-order valence-electron chi connectivity index (χ3n) is 0.856. The summed E-state index contributed by atoms with van der Waals surface area (Å²) in [5.41, 5.74) is 0. The number of ketones is 1. The SMILES string of the molecule is C=C(O)C(=O)C=CC(=O)OC. The number of aliphatic hydroxyl groups excluding tert-OH is 1. The first-order valence-corrected chi connectivity index (χ1v) is 2.76. The number of hydrogen-bond acceptors (Lipinski definition) is 4. The van der Waals surface area contributed by atoms with Crippen molar-refractivity contribution in [3.05, 3.63) is 24.5 Å². The van der Waals surface area contributed by atoms with Gasteiger partial charge in [-0.15, -0.1) is 0 Å². The number of ether oxygens (including phenoxy) is 1. The molecule has 0 radical (unpaired) electrons. The van der Waals surface area contributed by atoms with Gasteiger partial charge >= 0.3 is 5.97 Å². The monoisotopic (exact) mass is 156 g/mol. The highest BCUT2D eigenvalue weighted by molar-refractivity contribution is 6.04. The number of allylic oxidation sites excluding steroid dienone is 1. The van der Waals surface area contributed by atoms with Gasteiger partial charge in [-0.2, -0.15) is 0 Å². The van der Waals surface area contributed by atoms with Gasteiger partial charge in [-0.3, -0.25) is 4.79 Å². The van der Waals surface area contributed by atoms with Crippen LogP contribution in [0.3, 0.4) is 0 Å². The van der Waals surface area contributed by atoms with Gasteiger partial charge in [-0.1, -0.05) is 6.58 Å². The second-order valence-electron chi connectivity index (χ2n) is 1.67. The van der Waals surface area contributed by atoms with Crippen molar-refractivity contribution in [3.8, 4) is 0 Å². The molecule has 0 aliphatic carbocycles. The molecule has 0 aromatic heterocycles. The Balaban J connectivity index is 4.04. The number of esters is 1. The minimum Gasteiger partial charge on any atom is -0.505 e. The molecule has 0 spiro atoms. The van der Waals surface area contributed by atoms with Crippen molar-refractivity contribution in [3.63, 3.8) is 0 Å². The van der Waals surface area contributed by atoms with Crippen molar-refractivity contribution in [1.29, 1.82) is 0 Å². The molecule has 0 rings (SSSR count). The van der Waals surface area contributed by atoms with Crippen LogP contribution in [0.15, 0.2) is 24.5 Å². The lowest BCUT2D eigenvalue weighted by Crippen LogP contribution is -1.99. The molecule has 0 atom stereocenters. The van der Waals surface area contributed by atoms with E-state index >= 15 is 0 Å². The number of rotatable bonds is 3. The summed E-state index contributed by atoms with van der Waals surface area (Å²) in [6.45, 7) is 2.96. The Morgan fingerprint density at radius 2 is 2.00 bits per heavy atom. The molecule has 0 saturated carbocycles. The van der Waals surface area contributed by atoms with Crippen LogP contribution in [0.2, 0.25) is 0 Å². The largest absolute Gasteiger partial charge is 0.505 e. The molecule has 4 heteroatoms. The van der Waals surface area contributed by atoms with Crippen LogP contribution in [0.1, 0.15) is 0 Å². The summed E-state index contributed by atoms with van der Waals surface area (Å²) in [5.74, 6) is -1.97. The number of carbonyl (C=O) groups is 2. The van der Waals surface area contributed by atoms with Gasteiger partial charge in [0.1, 0.15) is 0 Å². The van der Waals surface area contributed by atoms with Gasteiger partial charge in [-0.25, -0.2) is 4.79 Å². The van der Waals surface area contributed by atoms with Crippen LogP contribution in [0, 0.1) is 0 Å². The number of hydrogen-bond donors (Lipinski definition) is 1. The zero-order valence-corrected chi connectivity index (χ0v) is 6.03. The molecule has 0 heterocycles. The molecule has 11 heavy (non-hydrogen) atoms. The van der Waals surface area contributed by atoms with E-state index in [1.165, 1.54) is 7.11 Å². The van der Waals surface area contributed by atoms with Crippen molar-refractivity contribution < 1.29 is 19.4 Å². The highest BCUT2D eigenvalue weighted by atomic mass is 16.5. The van der Waals surface area contributed by atoms with Crippen LogP contribution in [0.4, 0.5) is 0 Å². The molecule has 0 aromatic rings. The molecule has 1 N–H and O–H groups in total. The van der Waals surface area contributed by atoms with Crippen LogP contribution < -0.4 is 0 Å². The topological polar surface area (TPSA) is 63.6 Å². The normalized spacial score (nSPS) is 9.55. The summed E-state index contributed by atoms with van der Waals surface area (Å²) in [5, 5.41) is 8.46. The molecule has 0 unspecified atom stereocenters. The lowest BCUT2D eigenvalue weighted by Gasteiger charge is -1.89. The predicted molar refractivity (Wildman–Crippen MR) is 37.9 cm³/mol. The Morgan fingerprint density at radius 1 is 1.45 bits per heavy atom. The first kappa shape index (κ1) is 9.42. The highest BCUT2D eigenvalue weighted by Gasteiger charge is 1.99. The van der Waals surface area contributed by atoms with Gasteiger partial charge < -0.3 is 9.84 Å². The van der Waals surface area contributed by atoms with E-state index in [2.05, 4.69) is 11.3 Å². The lowest BCUT2D eigenvalue weighted by molar-refractivity contribution is -0.135. The van der Waals surface area contributed by atoms with Crippen molar-refractivity contribution in [2.75, 3.05) is 7.11 Å². The highest BCUT2D eigenvalue weighted by Crippen LogP contribution is 1.88. The van der Waals surface area contributed by atoms with Crippen LogP contribution >= 0.6 is 0 Å². The quantitative estimate of drug-likeness (QED) is 0.364. The minimum atomic E-state index is -0.713. The van der Waals surface area contributed by atoms with Gasteiger partial charge in [0.05, 0.1) is 7.11 Å². The molecule has 0 fully saturated rings. The number of aliphatic hydroxyl groups is 1. The third-order valence-corrected chi connectivity index (χ3v) is 0.856. The van der Waals surface area contributed by atoms with E-state index in [0.29, 0.717) is 0 Å². The second kappa shape index (κ2) is 4.27. The molecule has 4 nitrogen and oxygen atoms in total. The van der Waals surface area contributed by atoms with E-state index in [0.717, 1.165) is 12.2 Å². The zero-order chi connectivity index (χ0) is 8.85. The van der Waals surface area contributed by atoms with Crippen molar-refractivity contribution in [2.45, 2.75) is 0 Å². The number of methoxy groups -OCH3 is 1. The molecule has 0 bridgehead atoms. The molecule has 0 aromatic carbocycles. The van der Waals surface area contributed by atoms with E-state index < -0.39 is 17.5 Å². The molecule has 0 saturated heterocycles. The van der Waals surface area contributed by atoms with Crippen LogP contribution in [0.5, 0.6) is 0 Å². The predicted octanol–water partition coefficient (Wildman–Crippen LogP) is 0.356. The maximum Gasteiger partial charge on any atom is 0.330 e. The second-order valence-corrected chi connectivity index (χ2v) is 1.67. The minimum absolute atomic E-state index is 0.606. The molecule has 0 aliphatic rings. The van der Waals surface area contributed by atoms with Crippen molar-refractivity contribution in [1.82, 2.24) is 0 Å². The zero-order valence-electron chi connectivity index (χ0n) is 6.03. The Morgan fingerprint density at radius 3 is 2.36 bits per heavy atom. The molecular formula is C7H8O4. The third kappa shape index (κ3) is 3.91. The summed E-state index contributed by atoms with van der Waals surface area (Å²) < 4.78 is 4.19. The fraction of sp³-hybridized carbons (Fsp3) is 0.143. The van der Waals surface area contributed by atoms with Gasteiger partial charge in [0.2, 0.25) is 5.78 Å². The van der Waals surface area contributed by atoms with Gasteiger partial charge in [-0.05, 0) is 6.08 Å². The van der Waals surface area contributed by atoms with E-state index in [1.54, 1.807) is 0 Å². The smallest absolute Gasteiger partial charge is 0.330 e. The number of carbonyl (C=O) groups excluding carboxylic acids is 2. The van der Waals surface area contributed by atoms with E-state index in [9.17, 15) is 9.59 Å². The van der Waals surface area contributed by atoms with Crippen molar-refractivity contribution >= 4 is 11.8 Å². The summed E-state index contributed by atoms with van der Waals surface area (Å²) in [7, 11) is 1.19. The maximum absolute atomic E-state index is 10.5. The Bertz CT molecular complexity index is 214. The van der Waals surface area contributed by atoms with E-state index in [4.69, 9.17) is 5.11 Å². The molecule has 0 amide bonds. The van der Waals surface area contributed by atoms with Gasteiger partial charge in [0.15, 0.2) is 5.76 Å². The first-order valence-electron chi connectivity index (χ1n) is 2.76. The summed E-state index contributed by atoms with van der Waals surface area (Å²) >= 11 is 0. The Kier molecular flexibility index (Phi) is 3.66. The molecular weight excluding hydrogens is 148 g/mol. The first-order chi connectivity index (χ1) is 5.07. The van der Waals surface area contributed by atoms with Gasteiger partial charge in [0, 0.05) is 6.08 Å². The Labute approximate surface area is 63.8 Å². The molecule has 60 valence electrons. The average molecular weight is 156 g/mol. The maximum atomic E-state index is 10.5. The van der Waals surface area contributed by atoms with Crippen LogP contribution in [-0.4, -0.2) is 24.0 Å². The lowest BCUT2D eigenvalue weighted by atomic mass is 10.3. The Hall–Kier alpha value is -1.58. The van der Waals surface area contributed by atoms with Crippen LogP contribution in [-0.2, 0) is 14.3 Å². The van der Waals surface area contributed by atoms with Gasteiger partial charge in [0.25, 0.3) is 0 Å². The standard InChI is InChI=1S/C7H8O4/c1-5(8)6(9)3-4-7(10)11-2/h3-4,8H,1H2,2H3. The van der Waals surface area contributed by atoms with E-state index in [-0.39, 0.29) is 0 Å². The van der Waals surface area contributed by atoms with Crippen LogP contribution in [0.25, 0.3) is 0 Å². The van der Waals surface area contributed by atoms with Crippen molar-refractivity contribution in [2.24, 2.45) is 0 Å². The summed E-state index contributed by atoms with van der Waals surface area (Å²) in [4.78, 5) is 20.9. The molecule has 0 aliphatic heterocycles. The van der Waals surface area contributed by atoms with E-state index in [1.807, 2.05) is 0 Å². The fourth-order valence-electron chi connectivity index (χ4n) is 0.308. The fourth-order valence-corrected chi connectivity index (χ4v) is 0.308.